The molecule has 0 aliphatic rings. The van der Waals surface area contributed by atoms with Crippen molar-refractivity contribution in [3.63, 3.8) is 0 Å². The average Bonchev–Trinajstić information content (AvgIpc) is 2.31. The van der Waals surface area contributed by atoms with Gasteiger partial charge in [0, 0.05) is 12.6 Å². The Morgan fingerprint density at radius 1 is 1.11 bits per heavy atom. The first kappa shape index (κ1) is 17.4. The summed E-state index contributed by atoms with van der Waals surface area (Å²) in [6.07, 6.45) is -0.0316. The standard InChI is InChI=1S/C13H27NO4/c1-6-16-8-11(5)18-9-12(14-10(3)4)13(15)17-7-2/h10-12,14H,6-9H2,1-5H3. The summed E-state index contributed by atoms with van der Waals surface area (Å²) >= 11 is 0. The summed E-state index contributed by atoms with van der Waals surface area (Å²) in [4.78, 5) is 11.7. The van der Waals surface area contributed by atoms with Crippen molar-refractivity contribution in [1.82, 2.24) is 5.32 Å². The third-order valence-electron chi connectivity index (χ3n) is 2.21. The molecule has 18 heavy (non-hydrogen) atoms. The lowest BCUT2D eigenvalue weighted by atomic mass is 10.2. The number of hydrogen-bond acceptors (Lipinski definition) is 5. The molecule has 0 saturated heterocycles. The molecule has 0 heterocycles. The number of carbonyl (C=O) groups excluding carboxylic acids is 1. The second kappa shape index (κ2) is 10.3. The first-order valence-corrected chi connectivity index (χ1v) is 6.63. The van der Waals surface area contributed by atoms with Crippen molar-refractivity contribution in [2.24, 2.45) is 0 Å². The van der Waals surface area contributed by atoms with Gasteiger partial charge in [-0.25, -0.2) is 0 Å². The highest BCUT2D eigenvalue weighted by Crippen LogP contribution is 1.99. The van der Waals surface area contributed by atoms with Crippen LogP contribution in [-0.2, 0) is 19.0 Å². The largest absolute Gasteiger partial charge is 0.465 e. The zero-order chi connectivity index (χ0) is 14.0. The fraction of sp³-hybridized carbons (Fsp3) is 0.923. The number of ether oxygens (including phenoxy) is 3. The normalized spacial score (nSPS) is 14.6. The van der Waals surface area contributed by atoms with E-state index in [0.717, 1.165) is 0 Å². The van der Waals surface area contributed by atoms with E-state index < -0.39 is 6.04 Å². The van der Waals surface area contributed by atoms with E-state index in [1.54, 1.807) is 6.92 Å². The molecule has 0 aliphatic carbocycles. The number of rotatable bonds is 10. The zero-order valence-electron chi connectivity index (χ0n) is 12.2. The Morgan fingerprint density at radius 2 is 1.78 bits per heavy atom. The predicted octanol–water partition coefficient (Wildman–Crippen LogP) is 1.36. The van der Waals surface area contributed by atoms with Crippen LogP contribution in [0.15, 0.2) is 0 Å². The Kier molecular flexibility index (Phi) is 9.92. The quantitative estimate of drug-likeness (QED) is 0.602. The predicted molar refractivity (Wildman–Crippen MR) is 70.6 cm³/mol. The van der Waals surface area contributed by atoms with E-state index in [9.17, 15) is 4.79 Å². The molecule has 5 heteroatoms. The van der Waals surface area contributed by atoms with Gasteiger partial charge in [-0.1, -0.05) is 13.8 Å². The summed E-state index contributed by atoms with van der Waals surface area (Å²) in [5.74, 6) is -0.269. The Labute approximate surface area is 110 Å². The third kappa shape index (κ3) is 8.44. The Morgan fingerprint density at radius 3 is 2.28 bits per heavy atom. The smallest absolute Gasteiger partial charge is 0.325 e. The fourth-order valence-corrected chi connectivity index (χ4v) is 1.42. The zero-order valence-corrected chi connectivity index (χ0v) is 12.2. The van der Waals surface area contributed by atoms with Gasteiger partial charge in [0.05, 0.1) is 25.9 Å². The molecule has 2 atom stereocenters. The molecular weight excluding hydrogens is 234 g/mol. The van der Waals surface area contributed by atoms with Gasteiger partial charge in [0.15, 0.2) is 0 Å². The van der Waals surface area contributed by atoms with Crippen molar-refractivity contribution in [1.29, 1.82) is 0 Å². The maximum Gasteiger partial charge on any atom is 0.325 e. The minimum Gasteiger partial charge on any atom is -0.465 e. The van der Waals surface area contributed by atoms with Crippen molar-refractivity contribution >= 4 is 5.97 Å². The molecule has 108 valence electrons. The minimum absolute atomic E-state index is 0.0316. The summed E-state index contributed by atoms with van der Waals surface area (Å²) in [5, 5.41) is 3.14. The lowest BCUT2D eigenvalue weighted by Crippen LogP contribution is -2.45. The van der Waals surface area contributed by atoms with Crippen molar-refractivity contribution in [3.05, 3.63) is 0 Å². The molecule has 0 spiro atoms. The van der Waals surface area contributed by atoms with Gasteiger partial charge in [0.1, 0.15) is 6.04 Å². The third-order valence-corrected chi connectivity index (χ3v) is 2.21. The lowest BCUT2D eigenvalue weighted by Gasteiger charge is -2.21. The molecule has 0 aliphatic heterocycles. The molecule has 0 rings (SSSR count). The van der Waals surface area contributed by atoms with Crippen LogP contribution in [0.2, 0.25) is 0 Å². The van der Waals surface area contributed by atoms with Crippen LogP contribution in [0.1, 0.15) is 34.6 Å². The SMILES string of the molecule is CCOCC(C)OCC(NC(C)C)C(=O)OCC. The average molecular weight is 261 g/mol. The van der Waals surface area contributed by atoms with E-state index in [1.807, 2.05) is 27.7 Å². The van der Waals surface area contributed by atoms with Crippen molar-refractivity contribution in [3.8, 4) is 0 Å². The first-order valence-electron chi connectivity index (χ1n) is 6.63. The molecule has 0 fully saturated rings. The van der Waals surface area contributed by atoms with Crippen LogP contribution in [0.4, 0.5) is 0 Å². The van der Waals surface area contributed by atoms with E-state index in [0.29, 0.717) is 26.4 Å². The molecule has 0 aromatic rings. The summed E-state index contributed by atoms with van der Waals surface area (Å²) in [7, 11) is 0. The Bertz CT molecular complexity index is 221. The van der Waals surface area contributed by atoms with Gasteiger partial charge in [-0.2, -0.15) is 0 Å². The Balaban J connectivity index is 4.11. The van der Waals surface area contributed by atoms with Crippen molar-refractivity contribution < 1.29 is 19.0 Å². The number of hydrogen-bond donors (Lipinski definition) is 1. The molecule has 0 aromatic carbocycles. The summed E-state index contributed by atoms with van der Waals surface area (Å²) < 4.78 is 15.8. The maximum atomic E-state index is 11.7. The van der Waals surface area contributed by atoms with E-state index >= 15 is 0 Å². The number of nitrogens with one attached hydrogen (secondary N) is 1. The second-order valence-electron chi connectivity index (χ2n) is 4.43. The van der Waals surface area contributed by atoms with E-state index in [4.69, 9.17) is 14.2 Å². The summed E-state index contributed by atoms with van der Waals surface area (Å²) in [6.45, 7) is 11.5. The van der Waals surface area contributed by atoms with Gasteiger partial charge in [0.25, 0.3) is 0 Å². The van der Waals surface area contributed by atoms with E-state index in [-0.39, 0.29) is 18.1 Å². The molecular formula is C13H27NO4. The van der Waals surface area contributed by atoms with Crippen LogP contribution >= 0.6 is 0 Å². The first-order chi connectivity index (χ1) is 8.51. The summed E-state index contributed by atoms with van der Waals surface area (Å²) in [5.41, 5.74) is 0. The molecule has 1 N–H and O–H groups in total. The molecule has 0 bridgehead atoms. The molecule has 5 nitrogen and oxygen atoms in total. The molecule has 0 amide bonds. The van der Waals surface area contributed by atoms with Crippen LogP contribution in [0, 0.1) is 0 Å². The molecule has 2 unspecified atom stereocenters. The highest BCUT2D eigenvalue weighted by molar-refractivity contribution is 5.75. The van der Waals surface area contributed by atoms with Gasteiger partial charge >= 0.3 is 5.97 Å². The topological polar surface area (TPSA) is 56.8 Å². The van der Waals surface area contributed by atoms with Crippen LogP contribution in [0.3, 0.4) is 0 Å². The molecule has 0 radical (unpaired) electrons. The number of esters is 1. The van der Waals surface area contributed by atoms with Crippen molar-refractivity contribution in [2.45, 2.75) is 52.8 Å². The van der Waals surface area contributed by atoms with Gasteiger partial charge < -0.3 is 19.5 Å². The lowest BCUT2D eigenvalue weighted by molar-refractivity contribution is -0.148. The highest BCUT2D eigenvalue weighted by Gasteiger charge is 2.21. The molecule has 0 aromatic heterocycles. The highest BCUT2D eigenvalue weighted by atomic mass is 16.5. The van der Waals surface area contributed by atoms with Crippen molar-refractivity contribution in [2.75, 3.05) is 26.4 Å². The van der Waals surface area contributed by atoms with E-state index in [1.165, 1.54) is 0 Å². The molecule has 0 saturated carbocycles. The Hall–Kier alpha value is -0.650. The van der Waals surface area contributed by atoms with Gasteiger partial charge in [-0.15, -0.1) is 0 Å². The van der Waals surface area contributed by atoms with Crippen LogP contribution < -0.4 is 5.32 Å². The maximum absolute atomic E-state index is 11.7. The van der Waals surface area contributed by atoms with Gasteiger partial charge in [-0.05, 0) is 20.8 Å². The van der Waals surface area contributed by atoms with E-state index in [2.05, 4.69) is 5.32 Å². The minimum atomic E-state index is -0.422. The van der Waals surface area contributed by atoms with Gasteiger partial charge in [0.2, 0.25) is 0 Å². The van der Waals surface area contributed by atoms with Crippen LogP contribution in [0.5, 0.6) is 0 Å². The fourth-order valence-electron chi connectivity index (χ4n) is 1.42. The van der Waals surface area contributed by atoms with Crippen LogP contribution in [0.25, 0.3) is 0 Å². The number of carbonyl (C=O) groups is 1. The van der Waals surface area contributed by atoms with Gasteiger partial charge in [-0.3, -0.25) is 4.79 Å². The van der Waals surface area contributed by atoms with Crippen LogP contribution in [-0.4, -0.2) is 50.6 Å². The monoisotopic (exact) mass is 261 g/mol. The summed E-state index contributed by atoms with van der Waals surface area (Å²) in [6, 6.07) is -0.223. The second-order valence-corrected chi connectivity index (χ2v) is 4.43.